The van der Waals surface area contributed by atoms with Gasteiger partial charge < -0.3 is 52.5 Å². The number of hydrogen-bond donors (Lipinski definition) is 1. The van der Waals surface area contributed by atoms with Gasteiger partial charge in [0.25, 0.3) is 0 Å². The van der Waals surface area contributed by atoms with Crippen LogP contribution in [-0.4, -0.2) is 93.3 Å². The van der Waals surface area contributed by atoms with E-state index in [4.69, 9.17) is 47.4 Å². The molecule has 8 rings (SSSR count). The third kappa shape index (κ3) is 13.1. The minimum Gasteiger partial charge on any atom is -0.394 e. The van der Waals surface area contributed by atoms with E-state index in [2.05, 4.69) is 0 Å². The van der Waals surface area contributed by atoms with Crippen LogP contribution in [0.15, 0.2) is 182 Å². The maximum atomic E-state index is 11.2. The van der Waals surface area contributed by atoms with Crippen molar-refractivity contribution in [3.8, 4) is 0 Å². The molecule has 2 aliphatic rings. The normalized spacial score (nSPS) is 25.7. The van der Waals surface area contributed by atoms with E-state index in [1.54, 1.807) is 14.2 Å². The second-order valence-electron chi connectivity index (χ2n) is 16.8. The Morgan fingerprint density at radius 1 is 0.373 bits per heavy atom. The molecule has 0 spiro atoms. The Labute approximate surface area is 394 Å². The molecule has 0 radical (unpaired) electrons. The number of ether oxygens (including phenoxy) is 10. The van der Waals surface area contributed by atoms with Crippen molar-refractivity contribution in [3.63, 3.8) is 0 Å². The fourth-order valence-electron chi connectivity index (χ4n) is 8.84. The van der Waals surface area contributed by atoms with Gasteiger partial charge in [-0.1, -0.05) is 182 Å². The first-order valence-electron chi connectivity index (χ1n) is 23.0. The molecule has 1 unspecified atom stereocenters. The summed E-state index contributed by atoms with van der Waals surface area (Å²) in [6.07, 6.45) is -9.18. The van der Waals surface area contributed by atoms with Crippen LogP contribution < -0.4 is 0 Å². The van der Waals surface area contributed by atoms with Crippen molar-refractivity contribution in [2.45, 2.75) is 107 Å². The molecule has 2 saturated heterocycles. The zero-order valence-electron chi connectivity index (χ0n) is 38.2. The van der Waals surface area contributed by atoms with Gasteiger partial charge >= 0.3 is 0 Å². The second kappa shape index (κ2) is 25.3. The number of hydrogen-bond acceptors (Lipinski definition) is 11. The maximum Gasteiger partial charge on any atom is 0.186 e. The van der Waals surface area contributed by atoms with Crippen molar-refractivity contribution in [1.82, 2.24) is 0 Å². The van der Waals surface area contributed by atoms with Gasteiger partial charge in [0.15, 0.2) is 6.29 Å². The van der Waals surface area contributed by atoms with Crippen LogP contribution in [0.2, 0.25) is 0 Å². The molecular formula is C56H62O11. The standard InChI is InChI=1S/C56H62O11/c1-58-48(53-50(62-36-42-25-13-5-14-26-42)49(61-35-41-23-11-4-12-24-41)47(46(33-57)66-53)60-34-40-21-9-3-10-22-40)54-51(63-37-43-27-15-6-16-28-43)52(64-38-44-29-17-7-18-30-44)55(56(59-2)67-54)65-39-45-31-19-8-20-32-45/h3-32,46-57H,33-39H2,1-2H3/t46-,47-,48?,49+,50-,51+,52+,53+,54-,55-,56+/m1/s1. The summed E-state index contributed by atoms with van der Waals surface area (Å²) < 4.78 is 68.3. The van der Waals surface area contributed by atoms with E-state index in [1.165, 1.54) is 0 Å². The van der Waals surface area contributed by atoms with Crippen molar-refractivity contribution < 1.29 is 52.5 Å². The lowest BCUT2D eigenvalue weighted by molar-refractivity contribution is -0.349. The number of benzene rings is 6. The van der Waals surface area contributed by atoms with Crippen molar-refractivity contribution in [3.05, 3.63) is 215 Å². The average molecular weight is 911 g/mol. The zero-order valence-corrected chi connectivity index (χ0v) is 38.2. The first kappa shape index (κ1) is 48.3. The molecule has 11 heteroatoms. The molecule has 2 aliphatic heterocycles. The highest BCUT2D eigenvalue weighted by Gasteiger charge is 2.58. The zero-order chi connectivity index (χ0) is 46.0. The summed E-state index contributed by atoms with van der Waals surface area (Å²) >= 11 is 0. The van der Waals surface area contributed by atoms with Gasteiger partial charge in [0.2, 0.25) is 0 Å². The van der Waals surface area contributed by atoms with Gasteiger partial charge in [0.1, 0.15) is 61.0 Å². The number of rotatable bonds is 23. The number of aliphatic hydroxyl groups excluding tert-OH is 1. The summed E-state index contributed by atoms with van der Waals surface area (Å²) in [6.45, 7) is 1.10. The van der Waals surface area contributed by atoms with E-state index < -0.39 is 67.3 Å². The van der Waals surface area contributed by atoms with Gasteiger partial charge in [-0.3, -0.25) is 0 Å². The van der Waals surface area contributed by atoms with Crippen molar-refractivity contribution in [1.29, 1.82) is 0 Å². The van der Waals surface area contributed by atoms with Crippen LogP contribution in [0.5, 0.6) is 0 Å². The Balaban J connectivity index is 1.19. The van der Waals surface area contributed by atoms with Crippen LogP contribution in [0.25, 0.3) is 0 Å². The molecule has 11 nitrogen and oxygen atoms in total. The molecule has 352 valence electrons. The van der Waals surface area contributed by atoms with Crippen LogP contribution in [0.3, 0.4) is 0 Å². The minimum atomic E-state index is -0.934. The lowest BCUT2D eigenvalue weighted by atomic mass is 9.85. The van der Waals surface area contributed by atoms with Crippen LogP contribution in [0, 0.1) is 0 Å². The lowest BCUT2D eigenvalue weighted by Gasteiger charge is -2.52. The Morgan fingerprint density at radius 2 is 0.657 bits per heavy atom. The molecule has 0 aliphatic carbocycles. The first-order chi connectivity index (χ1) is 33.1. The van der Waals surface area contributed by atoms with Crippen molar-refractivity contribution in [2.24, 2.45) is 0 Å². The second-order valence-corrected chi connectivity index (χ2v) is 16.8. The first-order valence-corrected chi connectivity index (χ1v) is 23.0. The molecule has 0 bridgehead atoms. The van der Waals surface area contributed by atoms with E-state index in [-0.39, 0.29) is 46.2 Å². The molecular weight excluding hydrogens is 849 g/mol. The molecule has 1 N–H and O–H groups in total. The SMILES string of the molecule is COC([C@H]1O[C@H](OC)[C@H](OCc2ccccc2)[C@@H](OCc2ccccc2)[C@@H]1OCc1ccccc1)[C@@H]1O[C@H](CO)[C@@H](OCc2ccccc2)[C@H](OCc2ccccc2)[C@H]1OCc1ccccc1. The fourth-order valence-corrected chi connectivity index (χ4v) is 8.84. The molecule has 0 amide bonds. The monoisotopic (exact) mass is 910 g/mol. The number of methoxy groups -OCH3 is 2. The van der Waals surface area contributed by atoms with Gasteiger partial charge in [-0.05, 0) is 33.4 Å². The predicted molar refractivity (Wildman–Crippen MR) is 252 cm³/mol. The quantitative estimate of drug-likeness (QED) is 0.0667. The van der Waals surface area contributed by atoms with E-state index in [9.17, 15) is 5.11 Å². The summed E-state index contributed by atoms with van der Waals surface area (Å²) in [5, 5.41) is 11.2. The average Bonchev–Trinajstić information content (AvgIpc) is 3.39. The van der Waals surface area contributed by atoms with E-state index >= 15 is 0 Å². The third-order valence-electron chi connectivity index (χ3n) is 12.2. The summed E-state index contributed by atoms with van der Waals surface area (Å²) in [5.41, 5.74) is 5.79. The topological polar surface area (TPSA) is 113 Å². The number of aliphatic hydroxyl groups is 1. The van der Waals surface area contributed by atoms with E-state index in [1.807, 2.05) is 182 Å². The molecule has 11 atom stereocenters. The van der Waals surface area contributed by atoms with Gasteiger partial charge in [0, 0.05) is 14.2 Å². The van der Waals surface area contributed by atoms with Gasteiger partial charge in [-0.2, -0.15) is 0 Å². The highest BCUT2D eigenvalue weighted by atomic mass is 16.7. The van der Waals surface area contributed by atoms with Crippen LogP contribution in [0.4, 0.5) is 0 Å². The van der Waals surface area contributed by atoms with Gasteiger partial charge in [-0.15, -0.1) is 0 Å². The van der Waals surface area contributed by atoms with Gasteiger partial charge in [0.05, 0.1) is 46.2 Å². The molecule has 67 heavy (non-hydrogen) atoms. The van der Waals surface area contributed by atoms with Crippen LogP contribution in [0.1, 0.15) is 33.4 Å². The van der Waals surface area contributed by atoms with Crippen LogP contribution in [-0.2, 0) is 87.0 Å². The largest absolute Gasteiger partial charge is 0.394 e. The molecule has 0 saturated carbocycles. The maximum absolute atomic E-state index is 11.2. The Morgan fingerprint density at radius 3 is 0.970 bits per heavy atom. The highest BCUT2D eigenvalue weighted by molar-refractivity contribution is 5.19. The minimum absolute atomic E-state index is 0.223. The van der Waals surface area contributed by atoms with Crippen LogP contribution >= 0.6 is 0 Å². The molecule has 6 aromatic carbocycles. The Bertz CT molecular complexity index is 2100. The lowest BCUT2D eigenvalue weighted by Crippen LogP contribution is -2.69. The van der Waals surface area contributed by atoms with Gasteiger partial charge in [-0.25, -0.2) is 0 Å². The van der Waals surface area contributed by atoms with E-state index in [0.717, 1.165) is 33.4 Å². The summed E-state index contributed by atoms with van der Waals surface area (Å²) in [4.78, 5) is 0. The van der Waals surface area contributed by atoms with Crippen molar-refractivity contribution in [2.75, 3.05) is 20.8 Å². The molecule has 6 aromatic rings. The van der Waals surface area contributed by atoms with Crippen molar-refractivity contribution >= 4 is 0 Å². The smallest absolute Gasteiger partial charge is 0.186 e. The van der Waals surface area contributed by atoms with E-state index in [0.29, 0.717) is 0 Å². The molecule has 2 fully saturated rings. The summed E-state index contributed by atoms with van der Waals surface area (Å²) in [5.74, 6) is 0. The summed E-state index contributed by atoms with van der Waals surface area (Å²) in [7, 11) is 3.21. The Hall–Kier alpha value is -5.12. The molecule has 0 aromatic heterocycles. The highest BCUT2D eigenvalue weighted by Crippen LogP contribution is 2.39. The third-order valence-corrected chi connectivity index (χ3v) is 12.2. The molecule has 2 heterocycles. The predicted octanol–water partition coefficient (Wildman–Crippen LogP) is 8.64. The fraction of sp³-hybridized carbons (Fsp3) is 0.357. The Kier molecular flexibility index (Phi) is 18.3. The summed E-state index contributed by atoms with van der Waals surface area (Å²) in [6, 6.07) is 59.7.